The maximum atomic E-state index is 8.13. The van der Waals surface area contributed by atoms with Crippen molar-refractivity contribution in [3.8, 4) is 0 Å². The average Bonchev–Trinajstić information content (AvgIpc) is 2.09. The molecule has 0 atom stereocenters. The van der Waals surface area contributed by atoms with Crippen molar-refractivity contribution in [3.05, 3.63) is 40.3 Å². The summed E-state index contributed by atoms with van der Waals surface area (Å²) in [6.07, 6.45) is 0.858. The lowest BCUT2D eigenvalue weighted by Gasteiger charge is -1.97. The van der Waals surface area contributed by atoms with Gasteiger partial charge in [-0.3, -0.25) is 0 Å². The molecule has 0 amide bonds. The minimum Gasteiger partial charge on any atom is -0.330 e. The molecule has 1 aromatic carbocycles. The molecule has 0 aliphatic carbocycles. The monoisotopic (exact) mass is 162 g/mol. The van der Waals surface area contributed by atoms with Crippen LogP contribution in [-0.4, -0.2) is 6.54 Å². The van der Waals surface area contributed by atoms with Gasteiger partial charge in [-0.1, -0.05) is 29.4 Å². The van der Waals surface area contributed by atoms with E-state index in [0.29, 0.717) is 12.2 Å². The van der Waals surface area contributed by atoms with E-state index >= 15 is 0 Å². The Hall–Kier alpha value is -1.51. The fourth-order valence-corrected chi connectivity index (χ4v) is 0.948. The van der Waals surface area contributed by atoms with Crippen molar-refractivity contribution >= 4 is 5.69 Å². The first-order valence-corrected chi connectivity index (χ1v) is 3.71. The van der Waals surface area contributed by atoms with Gasteiger partial charge in [0, 0.05) is 10.6 Å². The number of hydrogen-bond donors (Lipinski definition) is 1. The quantitative estimate of drug-likeness (QED) is 0.412. The molecule has 0 saturated carbocycles. The Morgan fingerprint density at radius 3 is 2.50 bits per heavy atom. The van der Waals surface area contributed by atoms with Gasteiger partial charge in [0.05, 0.1) is 0 Å². The molecule has 0 radical (unpaired) electrons. The molecule has 1 aromatic rings. The van der Waals surface area contributed by atoms with Crippen LogP contribution in [0.15, 0.2) is 29.4 Å². The Labute approximate surface area is 70.6 Å². The highest BCUT2D eigenvalue weighted by Crippen LogP contribution is 2.12. The van der Waals surface area contributed by atoms with Crippen molar-refractivity contribution < 1.29 is 0 Å². The summed E-state index contributed by atoms with van der Waals surface area (Å²) in [7, 11) is 0. The van der Waals surface area contributed by atoms with Gasteiger partial charge in [0.2, 0.25) is 0 Å². The SMILES string of the molecule is [N-]=[N+]=Nc1ccc(CCN)cc1. The molecule has 0 aliphatic heterocycles. The minimum atomic E-state index is 0.637. The molecule has 4 heteroatoms. The molecule has 4 nitrogen and oxygen atoms in total. The summed E-state index contributed by atoms with van der Waals surface area (Å²) in [6, 6.07) is 7.39. The zero-order valence-corrected chi connectivity index (χ0v) is 6.64. The standard InChI is InChI=1S/C8H10N4/c9-6-5-7-1-3-8(4-2-7)11-12-10/h1-4H,5-6,9H2. The summed E-state index contributed by atoms with van der Waals surface area (Å²) in [5.41, 5.74) is 15.3. The summed E-state index contributed by atoms with van der Waals surface area (Å²) in [6.45, 7) is 0.640. The fourth-order valence-electron chi connectivity index (χ4n) is 0.948. The predicted molar refractivity (Wildman–Crippen MR) is 48.0 cm³/mol. The van der Waals surface area contributed by atoms with Crippen LogP contribution in [0.4, 0.5) is 5.69 Å². The third-order valence-corrected chi connectivity index (χ3v) is 1.53. The maximum Gasteiger partial charge on any atom is 0.0375 e. The Morgan fingerprint density at radius 2 is 2.00 bits per heavy atom. The molecule has 0 fully saturated rings. The van der Waals surface area contributed by atoms with Crippen molar-refractivity contribution in [2.45, 2.75) is 6.42 Å². The van der Waals surface area contributed by atoms with Crippen molar-refractivity contribution in [3.63, 3.8) is 0 Å². The van der Waals surface area contributed by atoms with Crippen LogP contribution in [0.25, 0.3) is 10.4 Å². The number of benzene rings is 1. The van der Waals surface area contributed by atoms with E-state index in [4.69, 9.17) is 11.3 Å². The van der Waals surface area contributed by atoms with E-state index in [1.165, 1.54) is 0 Å². The van der Waals surface area contributed by atoms with Crippen molar-refractivity contribution in [1.29, 1.82) is 0 Å². The highest BCUT2D eigenvalue weighted by molar-refractivity contribution is 5.38. The van der Waals surface area contributed by atoms with Crippen molar-refractivity contribution in [2.75, 3.05) is 6.54 Å². The van der Waals surface area contributed by atoms with Crippen LogP contribution < -0.4 is 5.73 Å². The van der Waals surface area contributed by atoms with Gasteiger partial charge in [-0.05, 0) is 24.1 Å². The first-order chi connectivity index (χ1) is 5.86. The van der Waals surface area contributed by atoms with Crippen LogP contribution in [0, 0.1) is 0 Å². The highest BCUT2D eigenvalue weighted by Gasteiger charge is 1.90. The highest BCUT2D eigenvalue weighted by atomic mass is 15.1. The Balaban J connectivity index is 2.77. The van der Waals surface area contributed by atoms with Gasteiger partial charge in [0.25, 0.3) is 0 Å². The van der Waals surface area contributed by atoms with Gasteiger partial charge in [-0.2, -0.15) is 0 Å². The van der Waals surface area contributed by atoms with Gasteiger partial charge in [-0.25, -0.2) is 0 Å². The summed E-state index contributed by atoms with van der Waals surface area (Å²) in [5.74, 6) is 0. The molecule has 2 N–H and O–H groups in total. The van der Waals surface area contributed by atoms with Crippen molar-refractivity contribution in [1.82, 2.24) is 0 Å². The van der Waals surface area contributed by atoms with Gasteiger partial charge in [-0.15, -0.1) is 0 Å². The lowest BCUT2D eigenvalue weighted by atomic mass is 10.1. The Bertz CT molecular complexity index is 284. The van der Waals surface area contributed by atoms with Crippen LogP contribution >= 0.6 is 0 Å². The minimum absolute atomic E-state index is 0.637. The summed E-state index contributed by atoms with van der Waals surface area (Å²) >= 11 is 0. The molecule has 12 heavy (non-hydrogen) atoms. The lowest BCUT2D eigenvalue weighted by molar-refractivity contribution is 0.969. The zero-order chi connectivity index (χ0) is 8.81. The number of rotatable bonds is 3. The second-order valence-corrected chi connectivity index (χ2v) is 2.39. The van der Waals surface area contributed by atoms with E-state index in [9.17, 15) is 0 Å². The lowest BCUT2D eigenvalue weighted by Crippen LogP contribution is -2.01. The van der Waals surface area contributed by atoms with E-state index in [1.807, 2.05) is 12.1 Å². The first-order valence-electron chi connectivity index (χ1n) is 3.71. The second kappa shape index (κ2) is 4.38. The molecule has 0 bridgehead atoms. The molecule has 0 heterocycles. The van der Waals surface area contributed by atoms with Crippen LogP contribution in [0.5, 0.6) is 0 Å². The Kier molecular flexibility index (Phi) is 3.14. The first kappa shape index (κ1) is 8.59. The van der Waals surface area contributed by atoms with Gasteiger partial charge < -0.3 is 5.73 Å². The van der Waals surface area contributed by atoms with Crippen LogP contribution in [-0.2, 0) is 6.42 Å². The largest absolute Gasteiger partial charge is 0.330 e. The van der Waals surface area contributed by atoms with E-state index < -0.39 is 0 Å². The van der Waals surface area contributed by atoms with E-state index in [-0.39, 0.29) is 0 Å². The Morgan fingerprint density at radius 1 is 1.33 bits per heavy atom. The van der Waals surface area contributed by atoms with Gasteiger partial charge >= 0.3 is 0 Å². The maximum absolute atomic E-state index is 8.13. The smallest absolute Gasteiger partial charge is 0.0375 e. The number of nitrogens with zero attached hydrogens (tertiary/aromatic N) is 3. The third kappa shape index (κ3) is 2.27. The number of hydrogen-bond acceptors (Lipinski definition) is 2. The predicted octanol–water partition coefficient (Wildman–Crippen LogP) is 2.13. The fraction of sp³-hybridized carbons (Fsp3) is 0.250. The number of azide groups is 1. The third-order valence-electron chi connectivity index (χ3n) is 1.53. The van der Waals surface area contributed by atoms with E-state index in [1.54, 1.807) is 12.1 Å². The molecule has 0 saturated heterocycles. The molecule has 1 rings (SSSR count). The molecule has 62 valence electrons. The second-order valence-electron chi connectivity index (χ2n) is 2.39. The summed E-state index contributed by atoms with van der Waals surface area (Å²) in [4.78, 5) is 2.68. The van der Waals surface area contributed by atoms with Gasteiger partial charge in [0.1, 0.15) is 0 Å². The average molecular weight is 162 g/mol. The van der Waals surface area contributed by atoms with Crippen molar-refractivity contribution in [2.24, 2.45) is 10.8 Å². The molecule has 0 spiro atoms. The molecule has 0 aliphatic rings. The molecule has 0 aromatic heterocycles. The number of nitrogens with two attached hydrogens (primary N) is 1. The summed E-state index contributed by atoms with van der Waals surface area (Å²) < 4.78 is 0. The van der Waals surface area contributed by atoms with E-state index in [0.717, 1.165) is 12.0 Å². The zero-order valence-electron chi connectivity index (χ0n) is 6.64. The molecular weight excluding hydrogens is 152 g/mol. The normalized spacial score (nSPS) is 9.08. The van der Waals surface area contributed by atoms with Crippen LogP contribution in [0.2, 0.25) is 0 Å². The molecule has 0 unspecified atom stereocenters. The summed E-state index contributed by atoms with van der Waals surface area (Å²) in [5, 5.41) is 3.46. The van der Waals surface area contributed by atoms with Crippen LogP contribution in [0.1, 0.15) is 5.56 Å². The van der Waals surface area contributed by atoms with E-state index in [2.05, 4.69) is 10.0 Å². The van der Waals surface area contributed by atoms with Crippen LogP contribution in [0.3, 0.4) is 0 Å². The van der Waals surface area contributed by atoms with Gasteiger partial charge in [0.15, 0.2) is 0 Å². The topological polar surface area (TPSA) is 74.8 Å². The molecular formula is C8H10N4.